The van der Waals surface area contributed by atoms with Crippen molar-refractivity contribution in [3.63, 3.8) is 0 Å². The molecule has 0 aromatic heterocycles. The summed E-state index contributed by atoms with van der Waals surface area (Å²) in [5.41, 5.74) is 3.12. The average molecular weight is 520 g/mol. The number of amides is 3. The highest BCUT2D eigenvalue weighted by atomic mass is 32.2. The maximum absolute atomic E-state index is 13.1. The van der Waals surface area contributed by atoms with Gasteiger partial charge in [-0.15, -0.1) is 0 Å². The van der Waals surface area contributed by atoms with Gasteiger partial charge in [0.2, 0.25) is 0 Å². The fourth-order valence-corrected chi connectivity index (χ4v) is 5.27. The van der Waals surface area contributed by atoms with Crippen LogP contribution in [0.15, 0.2) is 89.8 Å². The Bertz CT molecular complexity index is 1420. The van der Waals surface area contributed by atoms with E-state index in [-0.39, 0.29) is 11.4 Å². The van der Waals surface area contributed by atoms with Crippen LogP contribution in [0, 0.1) is 0 Å². The van der Waals surface area contributed by atoms with E-state index in [2.05, 4.69) is 10.6 Å². The molecule has 1 heterocycles. The third kappa shape index (κ3) is 6.62. The van der Waals surface area contributed by atoms with Gasteiger partial charge in [0.25, 0.3) is 15.9 Å². The number of esters is 1. The second-order valence-electron chi connectivity index (χ2n) is 8.18. The van der Waals surface area contributed by atoms with Crippen LogP contribution in [0.5, 0.6) is 0 Å². The van der Waals surface area contributed by atoms with Crippen LogP contribution in [0.4, 0.5) is 10.5 Å². The number of nitrogens with one attached hydrogen (secondary N) is 2. The fraction of sp³-hybridized carbons (Fsp3) is 0.148. The van der Waals surface area contributed by atoms with Gasteiger partial charge in [-0.3, -0.25) is 14.4 Å². The lowest BCUT2D eigenvalue weighted by Gasteiger charge is -2.19. The first-order valence-electron chi connectivity index (χ1n) is 11.5. The molecule has 37 heavy (non-hydrogen) atoms. The van der Waals surface area contributed by atoms with E-state index in [0.717, 1.165) is 17.2 Å². The lowest BCUT2D eigenvalue weighted by Crippen LogP contribution is -2.41. The number of benzene rings is 3. The van der Waals surface area contributed by atoms with Crippen molar-refractivity contribution < 1.29 is 27.5 Å². The molecule has 190 valence electrons. The molecule has 0 unspecified atom stereocenters. The molecule has 10 heteroatoms. The van der Waals surface area contributed by atoms with Crippen LogP contribution in [0.25, 0.3) is 6.08 Å². The molecule has 9 nitrogen and oxygen atoms in total. The maximum Gasteiger partial charge on any atom is 0.331 e. The molecule has 0 fully saturated rings. The van der Waals surface area contributed by atoms with E-state index in [1.165, 1.54) is 22.5 Å². The highest BCUT2D eigenvalue weighted by molar-refractivity contribution is 7.92. The first-order valence-corrected chi connectivity index (χ1v) is 12.9. The molecule has 2 N–H and O–H groups in total. The van der Waals surface area contributed by atoms with Crippen molar-refractivity contribution in [3.8, 4) is 0 Å². The van der Waals surface area contributed by atoms with Crippen LogP contribution < -0.4 is 14.9 Å². The van der Waals surface area contributed by atoms with Crippen molar-refractivity contribution >= 4 is 39.7 Å². The first-order chi connectivity index (χ1) is 17.8. The molecule has 1 aliphatic rings. The molecule has 0 bridgehead atoms. The van der Waals surface area contributed by atoms with Gasteiger partial charge < -0.3 is 10.1 Å². The SMILES string of the molecule is O=C(COC(=O)/C=C/c1ccc(S(=O)(=O)N2CCc3ccccc32)cc1)NC(=O)NCc1ccccc1. The maximum atomic E-state index is 13.1. The van der Waals surface area contributed by atoms with Crippen LogP contribution >= 0.6 is 0 Å². The predicted octanol–water partition coefficient (Wildman–Crippen LogP) is 3.02. The molecular weight excluding hydrogens is 494 g/mol. The standard InChI is InChI=1S/C27H25N3O6S/c31-25(29-27(33)28-18-21-6-2-1-3-7-21)19-36-26(32)15-12-20-10-13-23(14-11-20)37(34,35)30-17-16-22-8-4-5-9-24(22)30/h1-15H,16-19H2,(H2,28,29,31,33)/b15-12+. The van der Waals surface area contributed by atoms with Gasteiger partial charge in [0.05, 0.1) is 10.6 Å². The van der Waals surface area contributed by atoms with Crippen molar-refractivity contribution in [1.29, 1.82) is 0 Å². The number of urea groups is 1. The number of nitrogens with zero attached hydrogens (tertiary/aromatic N) is 1. The molecule has 0 spiro atoms. The zero-order valence-corrected chi connectivity index (χ0v) is 20.6. The number of para-hydroxylation sites is 1. The summed E-state index contributed by atoms with van der Waals surface area (Å²) in [4.78, 5) is 35.7. The zero-order chi connectivity index (χ0) is 26.3. The normalized spacial score (nSPS) is 12.7. The van der Waals surface area contributed by atoms with Crippen LogP contribution in [-0.4, -0.2) is 39.5 Å². The summed E-state index contributed by atoms with van der Waals surface area (Å²) in [6.07, 6.45) is 3.21. The lowest BCUT2D eigenvalue weighted by atomic mass is 10.2. The van der Waals surface area contributed by atoms with Crippen molar-refractivity contribution in [2.45, 2.75) is 17.9 Å². The minimum atomic E-state index is -3.71. The number of hydrogen-bond acceptors (Lipinski definition) is 6. The van der Waals surface area contributed by atoms with Crippen LogP contribution in [0.2, 0.25) is 0 Å². The van der Waals surface area contributed by atoms with Gasteiger partial charge >= 0.3 is 12.0 Å². The Morgan fingerprint density at radius 1 is 0.919 bits per heavy atom. The van der Waals surface area contributed by atoms with E-state index in [0.29, 0.717) is 24.2 Å². The molecule has 0 atom stereocenters. The van der Waals surface area contributed by atoms with E-state index >= 15 is 0 Å². The molecule has 0 saturated carbocycles. The van der Waals surface area contributed by atoms with Crippen molar-refractivity contribution in [3.05, 3.63) is 102 Å². The lowest BCUT2D eigenvalue weighted by molar-refractivity contribution is -0.143. The summed E-state index contributed by atoms with van der Waals surface area (Å²) in [6.45, 7) is 0.00174. The first kappa shape index (κ1) is 25.6. The number of anilines is 1. The summed E-state index contributed by atoms with van der Waals surface area (Å²) in [6, 6.07) is 22.0. The second kappa shape index (κ2) is 11.5. The minimum Gasteiger partial charge on any atom is -0.452 e. The van der Waals surface area contributed by atoms with E-state index < -0.39 is 34.5 Å². The quantitative estimate of drug-likeness (QED) is 0.349. The molecular formula is C27H25N3O6S. The number of rotatable bonds is 8. The Morgan fingerprint density at radius 3 is 2.38 bits per heavy atom. The van der Waals surface area contributed by atoms with Gasteiger partial charge in [0.15, 0.2) is 6.61 Å². The fourth-order valence-electron chi connectivity index (χ4n) is 3.77. The highest BCUT2D eigenvalue weighted by Crippen LogP contribution is 2.32. The monoisotopic (exact) mass is 519 g/mol. The molecule has 1 aliphatic heterocycles. The van der Waals surface area contributed by atoms with Gasteiger partial charge in [0, 0.05) is 19.2 Å². The van der Waals surface area contributed by atoms with Crippen molar-refractivity contribution in [1.82, 2.24) is 10.6 Å². The molecule has 0 saturated heterocycles. The molecule has 4 rings (SSSR count). The van der Waals surface area contributed by atoms with Gasteiger partial charge in [-0.2, -0.15) is 0 Å². The Hall–Kier alpha value is -4.44. The summed E-state index contributed by atoms with van der Waals surface area (Å²) >= 11 is 0. The zero-order valence-electron chi connectivity index (χ0n) is 19.8. The number of fused-ring (bicyclic) bond motifs is 1. The molecule has 3 aromatic rings. The molecule has 0 radical (unpaired) electrons. The van der Waals surface area contributed by atoms with Gasteiger partial charge in [-0.05, 0) is 47.4 Å². The number of hydrogen-bond donors (Lipinski definition) is 2. The van der Waals surface area contributed by atoms with Crippen LogP contribution in [-0.2, 0) is 37.3 Å². The number of carbonyl (C=O) groups is 3. The number of imide groups is 1. The van der Waals surface area contributed by atoms with E-state index in [9.17, 15) is 22.8 Å². The number of carbonyl (C=O) groups excluding carboxylic acids is 3. The number of ether oxygens (including phenoxy) is 1. The summed E-state index contributed by atoms with van der Waals surface area (Å²) in [5, 5.41) is 4.61. The predicted molar refractivity (Wildman–Crippen MR) is 138 cm³/mol. The summed E-state index contributed by atoms with van der Waals surface area (Å²) in [5.74, 6) is -1.56. The summed E-state index contributed by atoms with van der Waals surface area (Å²) < 4.78 is 32.4. The highest BCUT2D eigenvalue weighted by Gasteiger charge is 2.30. The van der Waals surface area contributed by atoms with Crippen molar-refractivity contribution in [2.75, 3.05) is 17.5 Å². The molecule has 3 amide bonds. The molecule has 0 aliphatic carbocycles. The Balaban J connectivity index is 1.24. The van der Waals surface area contributed by atoms with Crippen LogP contribution in [0.3, 0.4) is 0 Å². The van der Waals surface area contributed by atoms with Gasteiger partial charge in [0.1, 0.15) is 0 Å². The third-order valence-electron chi connectivity index (χ3n) is 5.62. The van der Waals surface area contributed by atoms with Gasteiger partial charge in [-0.1, -0.05) is 60.7 Å². The van der Waals surface area contributed by atoms with E-state index in [1.807, 2.05) is 48.5 Å². The van der Waals surface area contributed by atoms with E-state index in [1.54, 1.807) is 18.2 Å². The average Bonchev–Trinajstić information content (AvgIpc) is 3.36. The van der Waals surface area contributed by atoms with Gasteiger partial charge in [-0.25, -0.2) is 18.0 Å². The smallest absolute Gasteiger partial charge is 0.331 e. The summed E-state index contributed by atoms with van der Waals surface area (Å²) in [7, 11) is -3.71. The second-order valence-corrected chi connectivity index (χ2v) is 10.0. The Kier molecular flexibility index (Phi) is 7.99. The van der Waals surface area contributed by atoms with Crippen LogP contribution in [0.1, 0.15) is 16.7 Å². The Morgan fingerprint density at radius 2 is 1.62 bits per heavy atom. The minimum absolute atomic E-state index is 0.145. The largest absolute Gasteiger partial charge is 0.452 e. The molecule has 3 aromatic carbocycles. The third-order valence-corrected chi connectivity index (χ3v) is 7.45. The Labute approximate surface area is 214 Å². The van der Waals surface area contributed by atoms with Crippen molar-refractivity contribution in [2.24, 2.45) is 0 Å². The topological polar surface area (TPSA) is 122 Å². The number of sulfonamides is 1. The van der Waals surface area contributed by atoms with E-state index in [4.69, 9.17) is 4.74 Å².